The molecule has 0 radical (unpaired) electrons. The molecule has 1 fully saturated rings. The zero-order valence-corrected chi connectivity index (χ0v) is 18.2. The average Bonchev–Trinajstić information content (AvgIpc) is 3.24. The van der Waals surface area contributed by atoms with E-state index in [1.54, 1.807) is 0 Å². The summed E-state index contributed by atoms with van der Waals surface area (Å²) in [6, 6.07) is 25.3. The Labute approximate surface area is 188 Å². The second-order valence-corrected chi connectivity index (χ2v) is 8.40. The topological polar surface area (TPSA) is 63.6 Å². The Kier molecular flexibility index (Phi) is 6.69. The van der Waals surface area contributed by atoms with E-state index in [4.69, 9.17) is 4.74 Å². The van der Waals surface area contributed by atoms with Gasteiger partial charge < -0.3 is 9.84 Å². The Morgan fingerprint density at radius 1 is 0.875 bits per heavy atom. The Hall–Kier alpha value is -3.40. The summed E-state index contributed by atoms with van der Waals surface area (Å²) in [6.45, 7) is 2.58. The molecule has 1 aliphatic carbocycles. The summed E-state index contributed by atoms with van der Waals surface area (Å²) in [7, 11) is 0. The van der Waals surface area contributed by atoms with E-state index < -0.39 is 17.8 Å². The van der Waals surface area contributed by atoms with E-state index in [-0.39, 0.29) is 11.7 Å². The molecule has 1 N–H and O–H groups in total. The van der Waals surface area contributed by atoms with Crippen LogP contribution in [0.5, 0.6) is 5.75 Å². The molecule has 0 bridgehead atoms. The Bertz CT molecular complexity index is 1050. The molecule has 1 saturated carbocycles. The summed E-state index contributed by atoms with van der Waals surface area (Å²) >= 11 is 0. The predicted octanol–water partition coefficient (Wildman–Crippen LogP) is 5.90. The van der Waals surface area contributed by atoms with Gasteiger partial charge in [-0.05, 0) is 60.9 Å². The number of rotatable bonds is 8. The molecule has 0 heterocycles. The SMILES string of the molecule is CCOc1ccc(-c2ccc(C(=O)[C@@H]3CCC(Cc4ccccc4)[C@H]3C(=O)O)cc2)cc1. The van der Waals surface area contributed by atoms with Crippen LogP contribution in [0.25, 0.3) is 11.1 Å². The predicted molar refractivity (Wildman–Crippen MR) is 125 cm³/mol. The van der Waals surface area contributed by atoms with Gasteiger partial charge in [0.1, 0.15) is 5.75 Å². The molecule has 3 aromatic rings. The number of carbonyl (C=O) groups excluding carboxylic acids is 1. The number of ketones is 1. The second kappa shape index (κ2) is 9.82. The standard InChI is InChI=1S/C28H28O4/c1-2-32-24-15-12-21(13-16-24)20-8-10-22(11-9-20)27(29)25-17-14-23(26(25)28(30)31)18-19-6-4-3-5-7-19/h3-13,15-16,23,25-26H,2,14,17-18H2,1H3,(H,30,31)/t23?,25-,26-/m1/s1. The molecule has 1 aliphatic rings. The first-order valence-electron chi connectivity index (χ1n) is 11.2. The van der Waals surface area contributed by atoms with Crippen molar-refractivity contribution in [2.45, 2.75) is 26.2 Å². The number of carboxylic acids is 1. The van der Waals surface area contributed by atoms with Crippen LogP contribution in [0.4, 0.5) is 0 Å². The highest BCUT2D eigenvalue weighted by Gasteiger charge is 2.44. The van der Waals surface area contributed by atoms with Crippen LogP contribution >= 0.6 is 0 Å². The molecule has 4 nitrogen and oxygen atoms in total. The number of aliphatic carboxylic acids is 1. The van der Waals surface area contributed by atoms with Gasteiger partial charge in [0.15, 0.2) is 5.78 Å². The lowest BCUT2D eigenvalue weighted by atomic mass is 9.82. The van der Waals surface area contributed by atoms with Crippen molar-refractivity contribution < 1.29 is 19.4 Å². The van der Waals surface area contributed by atoms with Crippen LogP contribution in [0, 0.1) is 17.8 Å². The molecule has 1 unspecified atom stereocenters. The number of carboxylic acid groups (broad SMARTS) is 1. The third-order valence-electron chi connectivity index (χ3n) is 6.42. The lowest BCUT2D eigenvalue weighted by molar-refractivity contribution is -0.144. The third-order valence-corrected chi connectivity index (χ3v) is 6.42. The lowest BCUT2D eigenvalue weighted by Gasteiger charge is -2.20. The maximum Gasteiger partial charge on any atom is 0.307 e. The first-order chi connectivity index (χ1) is 15.6. The minimum atomic E-state index is -0.868. The lowest BCUT2D eigenvalue weighted by Crippen LogP contribution is -2.30. The zero-order valence-electron chi connectivity index (χ0n) is 18.2. The molecule has 0 saturated heterocycles. The Morgan fingerprint density at radius 2 is 1.50 bits per heavy atom. The quantitative estimate of drug-likeness (QED) is 0.453. The van der Waals surface area contributed by atoms with E-state index >= 15 is 0 Å². The summed E-state index contributed by atoms with van der Waals surface area (Å²) in [5.74, 6) is -1.24. The van der Waals surface area contributed by atoms with E-state index in [9.17, 15) is 14.7 Å². The van der Waals surface area contributed by atoms with E-state index in [1.165, 1.54) is 0 Å². The monoisotopic (exact) mass is 428 g/mol. The summed E-state index contributed by atoms with van der Waals surface area (Å²) < 4.78 is 5.49. The highest BCUT2D eigenvalue weighted by Crippen LogP contribution is 2.41. The van der Waals surface area contributed by atoms with E-state index in [0.29, 0.717) is 25.0 Å². The molecule has 0 aliphatic heterocycles. The largest absolute Gasteiger partial charge is 0.494 e. The van der Waals surface area contributed by atoms with Crippen LogP contribution in [0.2, 0.25) is 0 Å². The minimum Gasteiger partial charge on any atom is -0.494 e. The molecular weight excluding hydrogens is 400 g/mol. The molecule has 0 aromatic heterocycles. The van der Waals surface area contributed by atoms with Crippen LogP contribution in [-0.4, -0.2) is 23.5 Å². The first-order valence-corrected chi connectivity index (χ1v) is 11.2. The van der Waals surface area contributed by atoms with Crippen molar-refractivity contribution in [1.29, 1.82) is 0 Å². The molecule has 3 aromatic carbocycles. The maximum absolute atomic E-state index is 13.2. The van der Waals surface area contributed by atoms with Crippen LogP contribution in [0.1, 0.15) is 35.7 Å². The molecule has 4 heteroatoms. The van der Waals surface area contributed by atoms with Crippen molar-refractivity contribution in [2.24, 2.45) is 17.8 Å². The van der Waals surface area contributed by atoms with Gasteiger partial charge in [0.2, 0.25) is 0 Å². The summed E-state index contributed by atoms with van der Waals surface area (Å²) in [4.78, 5) is 25.3. The van der Waals surface area contributed by atoms with Crippen LogP contribution in [0.15, 0.2) is 78.9 Å². The van der Waals surface area contributed by atoms with Gasteiger partial charge in [0, 0.05) is 11.5 Å². The Balaban J connectivity index is 1.48. The van der Waals surface area contributed by atoms with Gasteiger partial charge >= 0.3 is 5.97 Å². The van der Waals surface area contributed by atoms with E-state index in [0.717, 1.165) is 28.9 Å². The molecule has 0 amide bonds. The third kappa shape index (κ3) is 4.75. The number of ether oxygens (including phenoxy) is 1. The summed E-state index contributed by atoms with van der Waals surface area (Å²) in [5, 5.41) is 9.92. The summed E-state index contributed by atoms with van der Waals surface area (Å²) in [5.41, 5.74) is 3.75. The normalized spacial score (nSPS) is 20.1. The fraction of sp³-hybridized carbons (Fsp3) is 0.286. The number of hydrogen-bond acceptors (Lipinski definition) is 3. The summed E-state index contributed by atoms with van der Waals surface area (Å²) in [6.07, 6.45) is 2.07. The van der Waals surface area contributed by atoms with Gasteiger partial charge in [-0.2, -0.15) is 0 Å². The fourth-order valence-corrected chi connectivity index (χ4v) is 4.85. The van der Waals surface area contributed by atoms with Crippen molar-refractivity contribution in [3.8, 4) is 16.9 Å². The van der Waals surface area contributed by atoms with E-state index in [2.05, 4.69) is 0 Å². The molecular formula is C28H28O4. The molecule has 4 rings (SSSR count). The molecule has 164 valence electrons. The van der Waals surface area contributed by atoms with E-state index in [1.807, 2.05) is 85.8 Å². The van der Waals surface area contributed by atoms with Crippen LogP contribution in [-0.2, 0) is 11.2 Å². The number of Topliss-reactive ketones (excluding diaryl/α,β-unsaturated/α-hetero) is 1. The second-order valence-electron chi connectivity index (χ2n) is 8.40. The van der Waals surface area contributed by atoms with Crippen molar-refractivity contribution in [3.63, 3.8) is 0 Å². The highest BCUT2D eigenvalue weighted by molar-refractivity contribution is 6.00. The van der Waals surface area contributed by atoms with Gasteiger partial charge in [-0.3, -0.25) is 9.59 Å². The van der Waals surface area contributed by atoms with Crippen molar-refractivity contribution in [2.75, 3.05) is 6.61 Å². The van der Waals surface area contributed by atoms with Crippen LogP contribution < -0.4 is 4.74 Å². The number of benzene rings is 3. The maximum atomic E-state index is 13.2. The number of hydrogen-bond donors (Lipinski definition) is 1. The minimum absolute atomic E-state index is 0.0213. The average molecular weight is 429 g/mol. The van der Waals surface area contributed by atoms with Gasteiger partial charge in [0.05, 0.1) is 12.5 Å². The first kappa shape index (κ1) is 21.8. The fourth-order valence-electron chi connectivity index (χ4n) is 4.85. The van der Waals surface area contributed by atoms with Gasteiger partial charge in [-0.15, -0.1) is 0 Å². The smallest absolute Gasteiger partial charge is 0.307 e. The van der Waals surface area contributed by atoms with Crippen molar-refractivity contribution in [1.82, 2.24) is 0 Å². The van der Waals surface area contributed by atoms with Gasteiger partial charge in [0.25, 0.3) is 0 Å². The Morgan fingerprint density at radius 3 is 2.09 bits per heavy atom. The van der Waals surface area contributed by atoms with Crippen molar-refractivity contribution >= 4 is 11.8 Å². The molecule has 0 spiro atoms. The van der Waals surface area contributed by atoms with Crippen LogP contribution in [0.3, 0.4) is 0 Å². The van der Waals surface area contributed by atoms with Crippen molar-refractivity contribution in [3.05, 3.63) is 90.0 Å². The highest BCUT2D eigenvalue weighted by atomic mass is 16.5. The van der Waals surface area contributed by atoms with Gasteiger partial charge in [-0.1, -0.05) is 66.7 Å². The molecule has 3 atom stereocenters. The van der Waals surface area contributed by atoms with Gasteiger partial charge in [-0.25, -0.2) is 0 Å². The number of carbonyl (C=O) groups is 2. The zero-order chi connectivity index (χ0) is 22.5. The molecule has 32 heavy (non-hydrogen) atoms.